The summed E-state index contributed by atoms with van der Waals surface area (Å²) in [6.45, 7) is 0.848. The van der Waals surface area contributed by atoms with Gasteiger partial charge in [-0.2, -0.15) is 0 Å². The Morgan fingerprint density at radius 2 is 2.07 bits per heavy atom. The Hall–Kier alpha value is -1.51. The summed E-state index contributed by atoms with van der Waals surface area (Å²) in [6, 6.07) is 9.40. The molecule has 1 N–H and O–H groups in total. The zero-order chi connectivity index (χ0) is 9.97. The van der Waals surface area contributed by atoms with Crippen LogP contribution in [-0.2, 0) is 4.79 Å². The lowest BCUT2D eigenvalue weighted by Crippen LogP contribution is -2.35. The van der Waals surface area contributed by atoms with Crippen molar-refractivity contribution >= 4 is 11.7 Å². The van der Waals surface area contributed by atoms with Gasteiger partial charge >= 0.3 is 5.97 Å². The van der Waals surface area contributed by atoms with Crippen molar-refractivity contribution in [1.82, 2.24) is 0 Å². The lowest BCUT2D eigenvalue weighted by molar-refractivity contribution is -0.138. The molecule has 1 saturated heterocycles. The molecular weight excluding hydrogens is 178 g/mol. The van der Waals surface area contributed by atoms with E-state index in [1.165, 1.54) is 0 Å². The quantitative estimate of drug-likeness (QED) is 0.774. The average Bonchev–Trinajstić information content (AvgIpc) is 2.67. The first-order valence-corrected chi connectivity index (χ1v) is 4.83. The number of carboxylic acid groups (broad SMARTS) is 1. The minimum atomic E-state index is -0.716. The standard InChI is InChI=1S/C11H13NO2/c13-11(14)10-7-4-8-12(10)9-5-2-1-3-6-9/h1-3,5-6,10H,4,7-8H2,(H,13,14)/t10-/m1/s1. The van der Waals surface area contributed by atoms with E-state index in [0.29, 0.717) is 0 Å². The van der Waals surface area contributed by atoms with Gasteiger partial charge in [-0.3, -0.25) is 0 Å². The first-order valence-electron chi connectivity index (χ1n) is 4.83. The van der Waals surface area contributed by atoms with Gasteiger partial charge in [-0.05, 0) is 25.0 Å². The third-order valence-corrected chi connectivity index (χ3v) is 2.63. The number of carboxylic acids is 1. The number of carbonyl (C=O) groups is 1. The maximum Gasteiger partial charge on any atom is 0.326 e. The zero-order valence-corrected chi connectivity index (χ0v) is 7.89. The maximum absolute atomic E-state index is 10.9. The van der Waals surface area contributed by atoms with E-state index in [0.717, 1.165) is 25.1 Å². The van der Waals surface area contributed by atoms with Crippen LogP contribution in [0.5, 0.6) is 0 Å². The highest BCUT2D eigenvalue weighted by Gasteiger charge is 2.30. The molecule has 1 aromatic carbocycles. The van der Waals surface area contributed by atoms with Gasteiger partial charge in [-0.15, -0.1) is 0 Å². The summed E-state index contributed by atoms with van der Waals surface area (Å²) >= 11 is 0. The number of para-hydroxylation sites is 1. The predicted molar refractivity (Wildman–Crippen MR) is 54.4 cm³/mol. The van der Waals surface area contributed by atoms with Crippen LogP contribution in [0.25, 0.3) is 0 Å². The smallest absolute Gasteiger partial charge is 0.326 e. The van der Waals surface area contributed by atoms with Crippen LogP contribution in [0.3, 0.4) is 0 Å². The summed E-state index contributed by atoms with van der Waals surface area (Å²) in [6.07, 6.45) is 1.72. The van der Waals surface area contributed by atoms with Crippen molar-refractivity contribution in [2.75, 3.05) is 11.4 Å². The Balaban J connectivity index is 2.22. The fourth-order valence-electron chi connectivity index (χ4n) is 1.95. The van der Waals surface area contributed by atoms with Gasteiger partial charge in [0.2, 0.25) is 0 Å². The zero-order valence-electron chi connectivity index (χ0n) is 7.89. The molecule has 0 unspecified atom stereocenters. The van der Waals surface area contributed by atoms with Crippen molar-refractivity contribution in [3.05, 3.63) is 30.3 Å². The Kier molecular flexibility index (Phi) is 2.39. The Labute approximate surface area is 83.0 Å². The number of hydrogen-bond donors (Lipinski definition) is 1. The molecule has 3 nitrogen and oxygen atoms in total. The number of hydrogen-bond acceptors (Lipinski definition) is 2. The fourth-order valence-corrected chi connectivity index (χ4v) is 1.95. The van der Waals surface area contributed by atoms with E-state index >= 15 is 0 Å². The van der Waals surface area contributed by atoms with Crippen molar-refractivity contribution in [3.8, 4) is 0 Å². The number of aliphatic carboxylic acids is 1. The summed E-state index contributed by atoms with van der Waals surface area (Å²) in [5.41, 5.74) is 1.01. The lowest BCUT2D eigenvalue weighted by Gasteiger charge is -2.23. The van der Waals surface area contributed by atoms with Crippen LogP contribution in [0.4, 0.5) is 5.69 Å². The first kappa shape index (κ1) is 9.06. The van der Waals surface area contributed by atoms with Gasteiger partial charge in [0.25, 0.3) is 0 Å². The summed E-state index contributed by atoms with van der Waals surface area (Å²) < 4.78 is 0. The van der Waals surface area contributed by atoms with Gasteiger partial charge in [0.15, 0.2) is 0 Å². The van der Waals surface area contributed by atoms with Crippen molar-refractivity contribution in [3.63, 3.8) is 0 Å². The molecule has 1 heterocycles. The minimum absolute atomic E-state index is 0.336. The van der Waals surface area contributed by atoms with E-state index in [1.54, 1.807) is 0 Å². The molecule has 1 fully saturated rings. The Morgan fingerprint density at radius 3 is 2.71 bits per heavy atom. The van der Waals surface area contributed by atoms with Crippen molar-refractivity contribution in [2.45, 2.75) is 18.9 Å². The highest BCUT2D eigenvalue weighted by atomic mass is 16.4. The molecule has 0 aliphatic carbocycles. The molecule has 14 heavy (non-hydrogen) atoms. The molecule has 74 valence electrons. The van der Waals surface area contributed by atoms with Crippen molar-refractivity contribution < 1.29 is 9.90 Å². The van der Waals surface area contributed by atoms with E-state index in [-0.39, 0.29) is 6.04 Å². The summed E-state index contributed by atoms with van der Waals surface area (Å²) in [5.74, 6) is -0.716. The first-order chi connectivity index (χ1) is 6.79. The third kappa shape index (κ3) is 1.58. The van der Waals surface area contributed by atoms with E-state index in [2.05, 4.69) is 0 Å². The third-order valence-electron chi connectivity index (χ3n) is 2.63. The van der Waals surface area contributed by atoms with Gasteiger partial charge in [0.1, 0.15) is 6.04 Å². The molecule has 1 aliphatic rings. The van der Waals surface area contributed by atoms with Gasteiger partial charge in [0, 0.05) is 12.2 Å². The van der Waals surface area contributed by atoms with E-state index in [1.807, 2.05) is 35.2 Å². The van der Waals surface area contributed by atoms with Crippen molar-refractivity contribution in [1.29, 1.82) is 0 Å². The molecule has 0 bridgehead atoms. The average molecular weight is 191 g/mol. The van der Waals surface area contributed by atoms with Gasteiger partial charge in [-0.1, -0.05) is 18.2 Å². The lowest BCUT2D eigenvalue weighted by atomic mass is 10.2. The number of benzene rings is 1. The van der Waals surface area contributed by atoms with Crippen LogP contribution < -0.4 is 4.90 Å². The van der Waals surface area contributed by atoms with E-state index in [9.17, 15) is 4.79 Å². The topological polar surface area (TPSA) is 40.5 Å². The molecule has 2 rings (SSSR count). The second-order valence-electron chi connectivity index (χ2n) is 3.53. The van der Waals surface area contributed by atoms with Crippen LogP contribution >= 0.6 is 0 Å². The van der Waals surface area contributed by atoms with Crippen LogP contribution in [-0.4, -0.2) is 23.7 Å². The normalized spacial score (nSPS) is 21.1. The minimum Gasteiger partial charge on any atom is -0.480 e. The molecule has 0 spiro atoms. The predicted octanol–water partition coefficient (Wildman–Crippen LogP) is 1.74. The van der Waals surface area contributed by atoms with Crippen LogP contribution in [0.2, 0.25) is 0 Å². The van der Waals surface area contributed by atoms with Crippen LogP contribution in [0.15, 0.2) is 30.3 Å². The van der Waals surface area contributed by atoms with Crippen LogP contribution in [0.1, 0.15) is 12.8 Å². The largest absolute Gasteiger partial charge is 0.480 e. The molecule has 1 atom stereocenters. The molecule has 1 aromatic rings. The van der Waals surface area contributed by atoms with Crippen molar-refractivity contribution in [2.24, 2.45) is 0 Å². The van der Waals surface area contributed by atoms with Crippen LogP contribution in [0, 0.1) is 0 Å². The van der Waals surface area contributed by atoms with Gasteiger partial charge < -0.3 is 10.0 Å². The number of anilines is 1. The maximum atomic E-state index is 10.9. The van der Waals surface area contributed by atoms with Gasteiger partial charge in [-0.25, -0.2) is 4.79 Å². The number of nitrogens with zero attached hydrogens (tertiary/aromatic N) is 1. The summed E-state index contributed by atoms with van der Waals surface area (Å²) in [7, 11) is 0. The molecule has 0 saturated carbocycles. The van der Waals surface area contributed by atoms with E-state index < -0.39 is 5.97 Å². The molecule has 0 radical (unpaired) electrons. The van der Waals surface area contributed by atoms with Gasteiger partial charge in [0.05, 0.1) is 0 Å². The monoisotopic (exact) mass is 191 g/mol. The second kappa shape index (κ2) is 3.70. The highest BCUT2D eigenvalue weighted by molar-refractivity contribution is 5.78. The molecule has 3 heteroatoms. The highest BCUT2D eigenvalue weighted by Crippen LogP contribution is 2.24. The Bertz CT molecular complexity index is 323. The number of rotatable bonds is 2. The molecular formula is C11H13NO2. The second-order valence-corrected chi connectivity index (χ2v) is 3.53. The molecule has 0 aromatic heterocycles. The molecule has 1 aliphatic heterocycles. The Morgan fingerprint density at radius 1 is 1.36 bits per heavy atom. The summed E-state index contributed by atoms with van der Waals surface area (Å²) in [5, 5.41) is 9.00. The van der Waals surface area contributed by atoms with E-state index in [4.69, 9.17) is 5.11 Å². The summed E-state index contributed by atoms with van der Waals surface area (Å²) in [4.78, 5) is 12.9. The molecule has 0 amide bonds. The fraction of sp³-hybridized carbons (Fsp3) is 0.364. The SMILES string of the molecule is O=C(O)[C@H]1CCCN1c1ccccc1.